The van der Waals surface area contributed by atoms with Crippen molar-refractivity contribution in [3.05, 3.63) is 29.3 Å². The Balaban J connectivity index is 2.25. The molecule has 0 radical (unpaired) electrons. The van der Waals surface area contributed by atoms with Gasteiger partial charge in [-0.15, -0.1) is 0 Å². The summed E-state index contributed by atoms with van der Waals surface area (Å²) < 4.78 is 5.79. The second kappa shape index (κ2) is 6.42. The van der Waals surface area contributed by atoms with E-state index in [0.29, 0.717) is 18.1 Å². The molecule has 0 saturated carbocycles. The lowest BCUT2D eigenvalue weighted by Crippen LogP contribution is -2.27. The van der Waals surface area contributed by atoms with E-state index in [4.69, 9.17) is 4.74 Å². The van der Waals surface area contributed by atoms with Gasteiger partial charge >= 0.3 is 0 Å². The number of nitrogens with one attached hydrogen (secondary N) is 1. The molecule has 1 aromatic carbocycles. The van der Waals surface area contributed by atoms with Crippen LogP contribution in [0, 0.1) is 5.92 Å². The maximum atomic E-state index is 5.79. The first-order valence-electron chi connectivity index (χ1n) is 7.72. The molecule has 2 rings (SSSR count). The van der Waals surface area contributed by atoms with E-state index in [0.717, 1.165) is 18.7 Å². The molecule has 1 aromatic rings. The lowest BCUT2D eigenvalue weighted by molar-refractivity contribution is 0.254. The van der Waals surface area contributed by atoms with Gasteiger partial charge in [-0.25, -0.2) is 0 Å². The number of rotatable bonds is 6. The topological polar surface area (TPSA) is 21.3 Å². The van der Waals surface area contributed by atoms with Gasteiger partial charge < -0.3 is 10.1 Å². The highest BCUT2D eigenvalue weighted by Crippen LogP contribution is 2.34. The third kappa shape index (κ3) is 3.11. The molecule has 0 aliphatic carbocycles. The summed E-state index contributed by atoms with van der Waals surface area (Å²) in [6, 6.07) is 7.22. The second-order valence-corrected chi connectivity index (χ2v) is 5.61. The van der Waals surface area contributed by atoms with Crippen molar-refractivity contribution in [3.63, 3.8) is 0 Å². The van der Waals surface area contributed by atoms with Crippen molar-refractivity contribution in [3.8, 4) is 5.75 Å². The number of hydrogen-bond acceptors (Lipinski definition) is 2. The van der Waals surface area contributed by atoms with E-state index < -0.39 is 0 Å². The Bertz CT molecular complexity index is 412. The van der Waals surface area contributed by atoms with E-state index in [2.05, 4.69) is 51.2 Å². The van der Waals surface area contributed by atoms with Crippen LogP contribution in [-0.2, 0) is 6.42 Å². The van der Waals surface area contributed by atoms with Crippen molar-refractivity contribution < 1.29 is 4.74 Å². The van der Waals surface area contributed by atoms with Gasteiger partial charge in [-0.3, -0.25) is 0 Å². The average molecular weight is 261 g/mol. The second-order valence-electron chi connectivity index (χ2n) is 5.61. The lowest BCUT2D eigenvalue weighted by Gasteiger charge is -2.27. The van der Waals surface area contributed by atoms with Crippen LogP contribution >= 0.6 is 0 Å². The Morgan fingerprint density at radius 1 is 1.26 bits per heavy atom. The van der Waals surface area contributed by atoms with Crippen LogP contribution in [0.25, 0.3) is 0 Å². The molecule has 2 heteroatoms. The molecule has 1 aliphatic heterocycles. The Kier molecular flexibility index (Phi) is 4.87. The zero-order chi connectivity index (χ0) is 13.8. The van der Waals surface area contributed by atoms with E-state index in [1.165, 1.54) is 24.0 Å². The average Bonchev–Trinajstić information content (AvgIpc) is 2.78. The fraction of sp³-hybridized carbons (Fsp3) is 0.647. The van der Waals surface area contributed by atoms with Crippen LogP contribution in [0.4, 0.5) is 0 Å². The highest BCUT2D eigenvalue weighted by atomic mass is 16.5. The standard InChI is InChI=1S/C17H27NO/c1-5-13(6-2)17(18-7-3)14-8-9-16-15(11-14)10-12(4)19-16/h8-9,11-13,17-18H,5-7,10H2,1-4H3. The van der Waals surface area contributed by atoms with E-state index in [-0.39, 0.29) is 0 Å². The van der Waals surface area contributed by atoms with Crippen LogP contribution < -0.4 is 10.1 Å². The molecular formula is C17H27NO. The molecule has 0 saturated heterocycles. The summed E-state index contributed by atoms with van der Waals surface area (Å²) in [7, 11) is 0. The van der Waals surface area contributed by atoms with Gasteiger partial charge in [-0.2, -0.15) is 0 Å². The Morgan fingerprint density at radius 2 is 2.00 bits per heavy atom. The number of fused-ring (bicyclic) bond motifs is 1. The smallest absolute Gasteiger partial charge is 0.123 e. The minimum atomic E-state index is 0.330. The molecule has 0 amide bonds. The SMILES string of the molecule is CCNC(c1ccc2c(c1)CC(C)O2)C(CC)CC. The van der Waals surface area contributed by atoms with E-state index >= 15 is 0 Å². The van der Waals surface area contributed by atoms with Crippen molar-refractivity contribution in [2.75, 3.05) is 6.54 Å². The van der Waals surface area contributed by atoms with E-state index in [1.54, 1.807) is 0 Å². The maximum Gasteiger partial charge on any atom is 0.123 e. The minimum absolute atomic E-state index is 0.330. The van der Waals surface area contributed by atoms with Crippen molar-refractivity contribution in [2.45, 2.75) is 59.1 Å². The zero-order valence-corrected chi connectivity index (χ0v) is 12.7. The summed E-state index contributed by atoms with van der Waals surface area (Å²) in [6.07, 6.45) is 3.82. The quantitative estimate of drug-likeness (QED) is 0.832. The summed E-state index contributed by atoms with van der Waals surface area (Å²) in [4.78, 5) is 0. The fourth-order valence-electron chi connectivity index (χ4n) is 3.17. The normalized spacial score (nSPS) is 19.3. The number of benzene rings is 1. The van der Waals surface area contributed by atoms with Crippen LogP contribution in [0.1, 0.15) is 57.7 Å². The molecule has 0 aromatic heterocycles. The minimum Gasteiger partial charge on any atom is -0.490 e. The molecule has 1 N–H and O–H groups in total. The predicted molar refractivity (Wildman–Crippen MR) is 80.7 cm³/mol. The predicted octanol–water partition coefficient (Wildman–Crippen LogP) is 4.10. The number of ether oxygens (including phenoxy) is 1. The van der Waals surface area contributed by atoms with Crippen molar-refractivity contribution in [1.82, 2.24) is 5.32 Å². The third-order valence-electron chi connectivity index (χ3n) is 4.22. The van der Waals surface area contributed by atoms with Gasteiger partial charge in [0.05, 0.1) is 0 Å². The molecule has 2 atom stereocenters. The fourth-order valence-corrected chi connectivity index (χ4v) is 3.17. The van der Waals surface area contributed by atoms with Gasteiger partial charge in [0.25, 0.3) is 0 Å². The van der Waals surface area contributed by atoms with Crippen molar-refractivity contribution in [2.24, 2.45) is 5.92 Å². The summed E-state index contributed by atoms with van der Waals surface area (Å²) in [5.41, 5.74) is 2.80. The molecule has 1 aliphatic rings. The third-order valence-corrected chi connectivity index (χ3v) is 4.22. The summed E-state index contributed by atoms with van der Waals surface area (Å²) >= 11 is 0. The van der Waals surface area contributed by atoms with E-state index in [9.17, 15) is 0 Å². The molecule has 106 valence electrons. The molecule has 19 heavy (non-hydrogen) atoms. The monoisotopic (exact) mass is 261 g/mol. The molecule has 0 spiro atoms. The first-order chi connectivity index (χ1) is 9.19. The first-order valence-corrected chi connectivity index (χ1v) is 7.72. The van der Waals surface area contributed by atoms with Crippen molar-refractivity contribution in [1.29, 1.82) is 0 Å². The van der Waals surface area contributed by atoms with E-state index in [1.807, 2.05) is 0 Å². The first kappa shape index (κ1) is 14.4. The highest BCUT2D eigenvalue weighted by Gasteiger charge is 2.23. The zero-order valence-electron chi connectivity index (χ0n) is 12.7. The summed E-state index contributed by atoms with van der Waals surface area (Å²) in [5.74, 6) is 1.79. The maximum absolute atomic E-state index is 5.79. The molecular weight excluding hydrogens is 234 g/mol. The van der Waals surface area contributed by atoms with Gasteiger partial charge in [-0.1, -0.05) is 45.7 Å². The van der Waals surface area contributed by atoms with Gasteiger partial charge in [0.15, 0.2) is 0 Å². The Labute approximate surface area is 117 Å². The highest BCUT2D eigenvalue weighted by molar-refractivity contribution is 5.41. The lowest BCUT2D eigenvalue weighted by atomic mass is 9.88. The van der Waals surface area contributed by atoms with Gasteiger partial charge in [0, 0.05) is 12.5 Å². The van der Waals surface area contributed by atoms with Crippen LogP contribution in [0.2, 0.25) is 0 Å². The van der Waals surface area contributed by atoms with Crippen LogP contribution in [0.3, 0.4) is 0 Å². The van der Waals surface area contributed by atoms with Crippen LogP contribution in [0.15, 0.2) is 18.2 Å². The molecule has 2 unspecified atom stereocenters. The van der Waals surface area contributed by atoms with Gasteiger partial charge in [-0.05, 0) is 36.6 Å². The van der Waals surface area contributed by atoms with Gasteiger partial charge in [0.1, 0.15) is 11.9 Å². The van der Waals surface area contributed by atoms with Crippen LogP contribution in [0.5, 0.6) is 5.75 Å². The largest absolute Gasteiger partial charge is 0.490 e. The Hall–Kier alpha value is -1.02. The Morgan fingerprint density at radius 3 is 2.63 bits per heavy atom. The molecule has 2 nitrogen and oxygen atoms in total. The van der Waals surface area contributed by atoms with Gasteiger partial charge in [0.2, 0.25) is 0 Å². The summed E-state index contributed by atoms with van der Waals surface area (Å²) in [6.45, 7) is 9.93. The van der Waals surface area contributed by atoms with Crippen molar-refractivity contribution >= 4 is 0 Å². The molecule has 0 bridgehead atoms. The summed E-state index contributed by atoms with van der Waals surface area (Å²) in [5, 5.41) is 3.66. The van der Waals surface area contributed by atoms with Crippen LogP contribution in [-0.4, -0.2) is 12.6 Å². The molecule has 1 heterocycles. The number of hydrogen-bond donors (Lipinski definition) is 1. The molecule has 0 fully saturated rings.